The molecule has 0 aliphatic heterocycles. The molecule has 11 heteroatoms. The number of anilines is 2. The number of thioether (sulfide) groups is 1. The molecular weight excluding hydrogens is 432 g/mol. The number of nitrogens with zero attached hydrogens (tertiary/aromatic N) is 2. The van der Waals surface area contributed by atoms with E-state index in [0.717, 1.165) is 36.1 Å². The zero-order valence-corrected chi connectivity index (χ0v) is 18.7. The number of fused-ring (bicyclic) bond motifs is 1. The average Bonchev–Trinajstić information content (AvgIpc) is 3.36. The summed E-state index contributed by atoms with van der Waals surface area (Å²) in [6, 6.07) is 0. The number of thiophene rings is 1. The van der Waals surface area contributed by atoms with E-state index in [0.29, 0.717) is 33.1 Å². The molecule has 2 heterocycles. The van der Waals surface area contributed by atoms with E-state index in [1.165, 1.54) is 34.4 Å². The molecule has 0 fully saturated rings. The molecule has 3 rings (SSSR count). The van der Waals surface area contributed by atoms with E-state index in [4.69, 9.17) is 4.74 Å². The van der Waals surface area contributed by atoms with Gasteiger partial charge in [-0.2, -0.15) is 0 Å². The molecule has 0 saturated carbocycles. The van der Waals surface area contributed by atoms with Crippen LogP contribution < -0.4 is 10.6 Å². The van der Waals surface area contributed by atoms with Crippen molar-refractivity contribution < 1.29 is 19.1 Å². The fourth-order valence-electron chi connectivity index (χ4n) is 2.93. The Labute approximate surface area is 180 Å². The molecule has 156 valence electrons. The Hall–Kier alpha value is -1.98. The number of ether oxygens (including phenoxy) is 1. The van der Waals surface area contributed by atoms with Crippen LogP contribution in [0, 0.1) is 0 Å². The number of hydrogen-bond donors (Lipinski definition) is 2. The van der Waals surface area contributed by atoms with Gasteiger partial charge in [-0.05, 0) is 38.2 Å². The van der Waals surface area contributed by atoms with Crippen LogP contribution in [0.5, 0.6) is 0 Å². The number of aryl methyl sites for hydroxylation is 1. The molecule has 2 aromatic heterocycles. The van der Waals surface area contributed by atoms with Crippen LogP contribution in [-0.2, 0) is 27.2 Å². The second kappa shape index (κ2) is 10.2. The fraction of sp³-hybridized carbons (Fsp3) is 0.500. The van der Waals surface area contributed by atoms with Gasteiger partial charge in [-0.15, -0.1) is 21.5 Å². The van der Waals surface area contributed by atoms with E-state index in [1.807, 2.05) is 6.92 Å². The Bertz CT molecular complexity index is 909. The molecule has 1 aliphatic carbocycles. The lowest BCUT2D eigenvalue weighted by molar-refractivity contribution is -0.116. The second-order valence-corrected chi connectivity index (χ2v) is 9.60. The first-order valence-electron chi connectivity index (χ1n) is 9.39. The molecule has 2 aromatic rings. The summed E-state index contributed by atoms with van der Waals surface area (Å²) in [5.74, 6) is -0.587. The van der Waals surface area contributed by atoms with Gasteiger partial charge in [-0.1, -0.05) is 30.0 Å². The first kappa shape index (κ1) is 21.7. The number of aromatic nitrogens is 2. The minimum Gasteiger partial charge on any atom is -0.462 e. The molecule has 2 amide bonds. The normalized spacial score (nSPS) is 12.5. The van der Waals surface area contributed by atoms with Gasteiger partial charge in [0.05, 0.1) is 17.9 Å². The minimum atomic E-state index is -0.383. The highest BCUT2D eigenvalue weighted by molar-refractivity contribution is 8.01. The highest BCUT2D eigenvalue weighted by atomic mass is 32.2. The van der Waals surface area contributed by atoms with Crippen LogP contribution in [0.25, 0.3) is 0 Å². The Morgan fingerprint density at radius 1 is 1.10 bits per heavy atom. The number of rotatable bonds is 9. The van der Waals surface area contributed by atoms with Crippen LogP contribution in [0.1, 0.15) is 53.9 Å². The van der Waals surface area contributed by atoms with Crippen molar-refractivity contribution in [3.63, 3.8) is 0 Å². The van der Waals surface area contributed by atoms with E-state index in [9.17, 15) is 14.4 Å². The summed E-state index contributed by atoms with van der Waals surface area (Å²) in [4.78, 5) is 37.5. The van der Waals surface area contributed by atoms with Crippen molar-refractivity contribution in [2.45, 2.75) is 50.3 Å². The monoisotopic (exact) mass is 454 g/mol. The zero-order valence-electron chi connectivity index (χ0n) is 16.2. The predicted octanol–water partition coefficient (Wildman–Crippen LogP) is 3.73. The summed E-state index contributed by atoms with van der Waals surface area (Å²) in [7, 11) is 0. The number of amides is 2. The van der Waals surface area contributed by atoms with Crippen LogP contribution in [0.15, 0.2) is 4.34 Å². The summed E-state index contributed by atoms with van der Waals surface area (Å²) >= 11 is 3.91. The van der Waals surface area contributed by atoms with Gasteiger partial charge in [0, 0.05) is 11.3 Å². The molecule has 0 radical (unpaired) electrons. The van der Waals surface area contributed by atoms with Crippen LogP contribution in [-0.4, -0.2) is 40.3 Å². The van der Waals surface area contributed by atoms with E-state index >= 15 is 0 Å². The third-order valence-corrected chi connectivity index (χ3v) is 7.29. The number of carbonyl (C=O) groups is 3. The lowest BCUT2D eigenvalue weighted by atomic mass is 10.1. The molecular formula is C18H22N4O4S3. The lowest BCUT2D eigenvalue weighted by Gasteiger charge is -2.07. The van der Waals surface area contributed by atoms with Gasteiger partial charge >= 0.3 is 5.97 Å². The molecule has 1 aliphatic rings. The lowest BCUT2D eigenvalue weighted by Crippen LogP contribution is -2.16. The Kier molecular flexibility index (Phi) is 7.62. The molecule has 0 saturated heterocycles. The summed E-state index contributed by atoms with van der Waals surface area (Å²) in [6.07, 6.45) is 3.96. The van der Waals surface area contributed by atoms with Crippen molar-refractivity contribution >= 4 is 62.4 Å². The minimum absolute atomic E-state index is 0.102. The molecule has 0 aromatic carbocycles. The molecule has 8 nitrogen and oxygen atoms in total. The van der Waals surface area contributed by atoms with Gasteiger partial charge in [-0.3, -0.25) is 9.59 Å². The summed E-state index contributed by atoms with van der Waals surface area (Å²) in [5, 5.41) is 14.4. The highest BCUT2D eigenvalue weighted by Gasteiger charge is 2.28. The van der Waals surface area contributed by atoms with Crippen molar-refractivity contribution in [2.75, 3.05) is 23.0 Å². The quantitative estimate of drug-likeness (QED) is 0.337. The molecule has 0 unspecified atom stereocenters. The summed E-state index contributed by atoms with van der Waals surface area (Å²) in [5.41, 5.74) is 1.51. The van der Waals surface area contributed by atoms with Crippen molar-refractivity contribution in [3.05, 3.63) is 16.0 Å². The van der Waals surface area contributed by atoms with E-state index < -0.39 is 0 Å². The first-order valence-corrected chi connectivity index (χ1v) is 12.0. The van der Waals surface area contributed by atoms with Crippen molar-refractivity contribution in [1.29, 1.82) is 0 Å². The van der Waals surface area contributed by atoms with Gasteiger partial charge in [0.25, 0.3) is 0 Å². The van der Waals surface area contributed by atoms with Gasteiger partial charge in [-0.25, -0.2) is 4.79 Å². The summed E-state index contributed by atoms with van der Waals surface area (Å²) < 4.78 is 5.76. The van der Waals surface area contributed by atoms with Crippen molar-refractivity contribution in [1.82, 2.24) is 10.2 Å². The molecule has 0 atom stereocenters. The van der Waals surface area contributed by atoms with E-state index in [2.05, 4.69) is 20.8 Å². The molecule has 0 bridgehead atoms. The Morgan fingerprint density at radius 2 is 1.93 bits per heavy atom. The van der Waals surface area contributed by atoms with Gasteiger partial charge in [0.1, 0.15) is 5.00 Å². The maximum atomic E-state index is 12.4. The SMILES string of the molecule is CCCC(=O)Nc1nnc(SCC(=O)Nc2sc3c(c2C(=O)OCC)CCC3)s1. The number of esters is 1. The Balaban J connectivity index is 1.58. The predicted molar refractivity (Wildman–Crippen MR) is 115 cm³/mol. The third kappa shape index (κ3) is 5.55. The number of hydrogen-bond acceptors (Lipinski definition) is 9. The fourth-order valence-corrected chi connectivity index (χ4v) is 5.79. The first-order chi connectivity index (χ1) is 14.0. The standard InChI is InChI=1S/C18H22N4O4S3/c1-3-6-12(23)20-17-21-22-18(29-17)27-9-13(24)19-15-14(16(25)26-4-2)10-7-5-8-11(10)28-15/h3-9H2,1-2H3,(H,19,24)(H,20,21,23). The summed E-state index contributed by atoms with van der Waals surface area (Å²) in [6.45, 7) is 3.98. The Morgan fingerprint density at radius 3 is 2.69 bits per heavy atom. The van der Waals surface area contributed by atoms with Crippen LogP contribution in [0.2, 0.25) is 0 Å². The van der Waals surface area contributed by atoms with Gasteiger partial charge < -0.3 is 15.4 Å². The van der Waals surface area contributed by atoms with E-state index in [1.54, 1.807) is 6.92 Å². The van der Waals surface area contributed by atoms with Gasteiger partial charge in [0.2, 0.25) is 16.9 Å². The van der Waals surface area contributed by atoms with E-state index in [-0.39, 0.29) is 23.5 Å². The topological polar surface area (TPSA) is 110 Å². The molecule has 29 heavy (non-hydrogen) atoms. The maximum Gasteiger partial charge on any atom is 0.341 e. The molecule has 0 spiro atoms. The molecule has 2 N–H and O–H groups in total. The highest BCUT2D eigenvalue weighted by Crippen LogP contribution is 2.39. The van der Waals surface area contributed by atoms with Crippen molar-refractivity contribution in [2.24, 2.45) is 0 Å². The number of carbonyl (C=O) groups excluding carboxylic acids is 3. The van der Waals surface area contributed by atoms with Crippen LogP contribution in [0.4, 0.5) is 10.1 Å². The third-order valence-electron chi connectivity index (χ3n) is 4.11. The number of nitrogens with one attached hydrogen (secondary N) is 2. The van der Waals surface area contributed by atoms with Gasteiger partial charge in [0.15, 0.2) is 4.34 Å². The maximum absolute atomic E-state index is 12.4. The largest absolute Gasteiger partial charge is 0.462 e. The van der Waals surface area contributed by atoms with Crippen LogP contribution in [0.3, 0.4) is 0 Å². The smallest absolute Gasteiger partial charge is 0.341 e. The average molecular weight is 455 g/mol. The van der Waals surface area contributed by atoms with Crippen LogP contribution >= 0.6 is 34.4 Å². The second-order valence-electron chi connectivity index (χ2n) is 6.29. The van der Waals surface area contributed by atoms with Crippen molar-refractivity contribution in [3.8, 4) is 0 Å². The zero-order chi connectivity index (χ0) is 20.8.